The number of phenols is 1. The Morgan fingerprint density at radius 3 is 2.39 bits per heavy atom. The standard InChI is InChI=1S/C19H27NO3/c1-4-6-10-20(11-7-5-2)13-15-12-18(22)23-19-14(3)17(21)9-8-16(15)19/h8-9,12,21H,4-7,10-11,13H2,1-3H3/p+1. The van der Waals surface area contributed by atoms with E-state index in [4.69, 9.17) is 4.42 Å². The van der Waals surface area contributed by atoms with Gasteiger partial charge in [-0.05, 0) is 31.9 Å². The van der Waals surface area contributed by atoms with Crippen molar-refractivity contribution in [3.8, 4) is 5.75 Å². The van der Waals surface area contributed by atoms with Crippen LogP contribution >= 0.6 is 0 Å². The van der Waals surface area contributed by atoms with E-state index in [9.17, 15) is 9.90 Å². The molecule has 0 aliphatic heterocycles. The normalized spacial score (nSPS) is 11.5. The minimum atomic E-state index is -0.341. The second kappa shape index (κ2) is 8.16. The van der Waals surface area contributed by atoms with Crippen LogP contribution in [-0.2, 0) is 6.54 Å². The number of hydrogen-bond acceptors (Lipinski definition) is 3. The van der Waals surface area contributed by atoms with Gasteiger partial charge in [0, 0.05) is 22.6 Å². The molecule has 0 unspecified atom stereocenters. The number of unbranched alkanes of at least 4 members (excludes halogenated alkanes) is 2. The van der Waals surface area contributed by atoms with Crippen LogP contribution in [0.2, 0.25) is 0 Å². The summed E-state index contributed by atoms with van der Waals surface area (Å²) >= 11 is 0. The number of rotatable bonds is 8. The summed E-state index contributed by atoms with van der Waals surface area (Å²) in [6, 6.07) is 5.14. The lowest BCUT2D eigenvalue weighted by Crippen LogP contribution is -3.10. The van der Waals surface area contributed by atoms with E-state index in [-0.39, 0.29) is 11.4 Å². The molecular formula is C19H28NO3+. The molecule has 0 fully saturated rings. The molecule has 0 spiro atoms. The highest BCUT2D eigenvalue weighted by molar-refractivity contribution is 5.84. The minimum Gasteiger partial charge on any atom is -0.508 e. The molecular weight excluding hydrogens is 290 g/mol. The third-order valence-corrected chi connectivity index (χ3v) is 4.43. The van der Waals surface area contributed by atoms with Crippen LogP contribution in [0.25, 0.3) is 11.0 Å². The van der Waals surface area contributed by atoms with Crippen LogP contribution in [0.4, 0.5) is 0 Å². The molecule has 0 aliphatic carbocycles. The zero-order valence-corrected chi connectivity index (χ0v) is 14.4. The summed E-state index contributed by atoms with van der Waals surface area (Å²) in [6.45, 7) is 9.26. The number of nitrogens with one attached hydrogen (secondary N) is 1. The monoisotopic (exact) mass is 318 g/mol. The van der Waals surface area contributed by atoms with Gasteiger partial charge in [0.15, 0.2) is 0 Å². The van der Waals surface area contributed by atoms with Crippen LogP contribution in [0.15, 0.2) is 27.4 Å². The fraction of sp³-hybridized carbons (Fsp3) is 0.526. The van der Waals surface area contributed by atoms with Crippen molar-refractivity contribution < 1.29 is 14.4 Å². The third-order valence-electron chi connectivity index (χ3n) is 4.43. The zero-order valence-electron chi connectivity index (χ0n) is 14.4. The maximum Gasteiger partial charge on any atom is 0.336 e. The molecule has 126 valence electrons. The van der Waals surface area contributed by atoms with Gasteiger partial charge in [-0.1, -0.05) is 26.7 Å². The van der Waals surface area contributed by atoms with Crippen molar-refractivity contribution in [2.24, 2.45) is 0 Å². The molecule has 1 aromatic heterocycles. The van der Waals surface area contributed by atoms with Crippen molar-refractivity contribution in [1.29, 1.82) is 0 Å². The van der Waals surface area contributed by atoms with E-state index in [0.717, 1.165) is 30.6 Å². The van der Waals surface area contributed by atoms with Gasteiger partial charge in [-0.2, -0.15) is 0 Å². The fourth-order valence-corrected chi connectivity index (χ4v) is 2.99. The summed E-state index contributed by atoms with van der Waals surface area (Å²) < 4.78 is 5.33. The van der Waals surface area contributed by atoms with E-state index in [0.29, 0.717) is 11.1 Å². The highest BCUT2D eigenvalue weighted by atomic mass is 16.4. The smallest absolute Gasteiger partial charge is 0.336 e. The number of benzene rings is 1. The molecule has 2 aromatic rings. The van der Waals surface area contributed by atoms with Crippen LogP contribution in [0.3, 0.4) is 0 Å². The molecule has 0 atom stereocenters. The summed E-state index contributed by atoms with van der Waals surface area (Å²) in [5, 5.41) is 10.8. The maximum atomic E-state index is 11.9. The van der Waals surface area contributed by atoms with E-state index >= 15 is 0 Å². The molecule has 4 nitrogen and oxygen atoms in total. The molecule has 1 aromatic carbocycles. The number of fused-ring (bicyclic) bond motifs is 1. The molecule has 0 radical (unpaired) electrons. The SMILES string of the molecule is CCCC[NH+](CCCC)Cc1cc(=O)oc2c(C)c(O)ccc12. The fourth-order valence-electron chi connectivity index (χ4n) is 2.99. The lowest BCUT2D eigenvalue weighted by atomic mass is 10.1. The van der Waals surface area contributed by atoms with Crippen molar-refractivity contribution >= 4 is 11.0 Å². The summed E-state index contributed by atoms with van der Waals surface area (Å²) in [5.74, 6) is 0.166. The molecule has 0 saturated heterocycles. The minimum absolute atomic E-state index is 0.166. The van der Waals surface area contributed by atoms with Crippen LogP contribution in [0, 0.1) is 6.92 Å². The van der Waals surface area contributed by atoms with E-state index in [1.807, 2.05) is 6.07 Å². The van der Waals surface area contributed by atoms with Gasteiger partial charge in [0.05, 0.1) is 13.1 Å². The van der Waals surface area contributed by atoms with Gasteiger partial charge in [0.1, 0.15) is 17.9 Å². The van der Waals surface area contributed by atoms with Crippen LogP contribution < -0.4 is 10.5 Å². The number of aryl methyl sites for hydroxylation is 1. The Morgan fingerprint density at radius 2 is 1.78 bits per heavy atom. The molecule has 2 rings (SSSR count). The third kappa shape index (κ3) is 4.35. The Morgan fingerprint density at radius 1 is 1.13 bits per heavy atom. The number of quaternary nitrogens is 1. The summed E-state index contributed by atoms with van der Waals surface area (Å²) in [4.78, 5) is 13.4. The number of aromatic hydroxyl groups is 1. The summed E-state index contributed by atoms with van der Waals surface area (Å²) in [6.07, 6.45) is 4.75. The largest absolute Gasteiger partial charge is 0.508 e. The predicted octanol–water partition coefficient (Wildman–Crippen LogP) is 2.79. The summed E-state index contributed by atoms with van der Waals surface area (Å²) in [7, 11) is 0. The van der Waals surface area contributed by atoms with Gasteiger partial charge in [0.2, 0.25) is 0 Å². The van der Waals surface area contributed by atoms with Crippen molar-refractivity contribution in [3.63, 3.8) is 0 Å². The van der Waals surface area contributed by atoms with Gasteiger partial charge in [-0.15, -0.1) is 0 Å². The maximum absolute atomic E-state index is 11.9. The highest BCUT2D eigenvalue weighted by Gasteiger charge is 2.15. The molecule has 1 heterocycles. The molecule has 0 saturated carbocycles. The average Bonchev–Trinajstić information content (AvgIpc) is 2.53. The Kier molecular flexibility index (Phi) is 6.22. The first-order valence-corrected chi connectivity index (χ1v) is 8.65. The molecule has 2 N–H and O–H groups in total. The average molecular weight is 318 g/mol. The van der Waals surface area contributed by atoms with E-state index < -0.39 is 0 Å². The topological polar surface area (TPSA) is 54.9 Å². The molecule has 0 bridgehead atoms. The summed E-state index contributed by atoms with van der Waals surface area (Å²) in [5.41, 5.74) is 1.82. The Bertz CT molecular complexity index is 698. The van der Waals surface area contributed by atoms with E-state index in [1.165, 1.54) is 30.6 Å². The van der Waals surface area contributed by atoms with Gasteiger partial charge >= 0.3 is 5.63 Å². The van der Waals surface area contributed by atoms with Crippen LogP contribution in [0.5, 0.6) is 5.75 Å². The second-order valence-corrected chi connectivity index (χ2v) is 6.31. The second-order valence-electron chi connectivity index (χ2n) is 6.31. The Hall–Kier alpha value is -1.81. The first kappa shape index (κ1) is 17.5. The predicted molar refractivity (Wildman–Crippen MR) is 93.1 cm³/mol. The van der Waals surface area contributed by atoms with Gasteiger partial charge in [-0.25, -0.2) is 4.79 Å². The highest BCUT2D eigenvalue weighted by Crippen LogP contribution is 2.27. The Labute approximate surface area is 137 Å². The van der Waals surface area contributed by atoms with Gasteiger partial charge < -0.3 is 14.4 Å². The molecule has 4 heteroatoms. The quantitative estimate of drug-likeness (QED) is 0.736. The van der Waals surface area contributed by atoms with Crippen LogP contribution in [-0.4, -0.2) is 18.2 Å². The number of hydrogen-bond donors (Lipinski definition) is 2. The molecule has 0 amide bonds. The van der Waals surface area contributed by atoms with E-state index in [2.05, 4.69) is 13.8 Å². The Balaban J connectivity index is 2.37. The van der Waals surface area contributed by atoms with Crippen molar-refractivity contribution in [3.05, 3.63) is 39.7 Å². The zero-order chi connectivity index (χ0) is 16.8. The first-order valence-electron chi connectivity index (χ1n) is 8.65. The van der Waals surface area contributed by atoms with Crippen LogP contribution in [0.1, 0.15) is 50.7 Å². The molecule has 23 heavy (non-hydrogen) atoms. The lowest BCUT2D eigenvalue weighted by Gasteiger charge is -2.20. The van der Waals surface area contributed by atoms with E-state index in [1.54, 1.807) is 19.1 Å². The van der Waals surface area contributed by atoms with Gasteiger partial charge in [0.25, 0.3) is 0 Å². The van der Waals surface area contributed by atoms with Crippen molar-refractivity contribution in [2.75, 3.05) is 13.1 Å². The lowest BCUT2D eigenvalue weighted by molar-refractivity contribution is -0.914. The van der Waals surface area contributed by atoms with Crippen molar-refractivity contribution in [1.82, 2.24) is 0 Å². The van der Waals surface area contributed by atoms with Gasteiger partial charge in [-0.3, -0.25) is 0 Å². The first-order chi connectivity index (χ1) is 11.1. The van der Waals surface area contributed by atoms with Crippen molar-refractivity contribution in [2.45, 2.75) is 53.0 Å². The number of phenolic OH excluding ortho intramolecular Hbond substituents is 1. The molecule has 0 aliphatic rings.